The van der Waals surface area contributed by atoms with Crippen molar-refractivity contribution >= 4 is 34.1 Å². The Morgan fingerprint density at radius 2 is 1.69 bits per heavy atom. The zero-order valence-electron chi connectivity index (χ0n) is 18.4. The summed E-state index contributed by atoms with van der Waals surface area (Å²) in [6.07, 6.45) is 4.98. The molecule has 5 rings (SSSR count). The number of fused-ring (bicyclic) bond motifs is 1. The van der Waals surface area contributed by atoms with E-state index < -0.39 is 40.5 Å². The second-order valence-electron chi connectivity index (χ2n) is 7.85. The van der Waals surface area contributed by atoms with Gasteiger partial charge in [-0.1, -0.05) is 6.07 Å². The van der Waals surface area contributed by atoms with Crippen LogP contribution in [0.3, 0.4) is 0 Å². The van der Waals surface area contributed by atoms with Crippen LogP contribution in [0.25, 0.3) is 22.0 Å². The molecule has 3 aromatic carbocycles. The number of ketones is 1. The smallest absolute Gasteiger partial charge is 0.308 e. The van der Waals surface area contributed by atoms with Crippen LogP contribution < -0.4 is 10.6 Å². The van der Waals surface area contributed by atoms with Gasteiger partial charge in [-0.25, -0.2) is 18.0 Å². The van der Waals surface area contributed by atoms with Crippen molar-refractivity contribution in [3.05, 3.63) is 108 Å². The molecule has 0 unspecified atom stereocenters. The number of aromatic nitrogens is 3. The van der Waals surface area contributed by atoms with E-state index in [1.165, 1.54) is 30.3 Å². The summed E-state index contributed by atoms with van der Waals surface area (Å²) in [4.78, 5) is 29.7. The maximum atomic E-state index is 15.2. The zero-order chi connectivity index (χ0) is 25.2. The Morgan fingerprint density at radius 3 is 2.47 bits per heavy atom. The predicted octanol–water partition coefficient (Wildman–Crippen LogP) is 5.92. The molecule has 7 nitrogen and oxygen atoms in total. The van der Waals surface area contributed by atoms with E-state index in [4.69, 9.17) is 0 Å². The normalized spacial score (nSPS) is 10.9. The monoisotopic (exact) mass is 487 g/mol. The van der Waals surface area contributed by atoms with E-state index in [1.54, 1.807) is 30.7 Å². The Bertz CT molecular complexity index is 1620. The summed E-state index contributed by atoms with van der Waals surface area (Å²) < 4.78 is 42.8. The fraction of sp³-hybridized carbons (Fsp3) is 0. The van der Waals surface area contributed by atoms with Gasteiger partial charge in [-0.05, 0) is 48.5 Å². The minimum atomic E-state index is -1.11. The molecule has 0 bridgehead atoms. The molecule has 0 fully saturated rings. The molecule has 0 aliphatic heterocycles. The number of halogens is 3. The number of amides is 2. The third-order valence-corrected chi connectivity index (χ3v) is 5.39. The van der Waals surface area contributed by atoms with Crippen molar-refractivity contribution in [2.75, 3.05) is 10.6 Å². The van der Waals surface area contributed by atoms with Crippen LogP contribution in [-0.4, -0.2) is 27.0 Å². The van der Waals surface area contributed by atoms with Crippen molar-refractivity contribution in [1.29, 1.82) is 0 Å². The number of hydrogen-bond acceptors (Lipinski definition) is 4. The zero-order valence-corrected chi connectivity index (χ0v) is 18.4. The Balaban J connectivity index is 1.43. The number of pyridine rings is 1. The number of anilines is 2. The van der Waals surface area contributed by atoms with Crippen LogP contribution in [0.2, 0.25) is 0 Å². The highest BCUT2D eigenvalue weighted by Crippen LogP contribution is 2.26. The molecule has 178 valence electrons. The molecule has 2 heterocycles. The van der Waals surface area contributed by atoms with Gasteiger partial charge < -0.3 is 10.6 Å². The number of nitrogens with one attached hydrogen (secondary N) is 3. The van der Waals surface area contributed by atoms with E-state index in [2.05, 4.69) is 25.8 Å². The fourth-order valence-corrected chi connectivity index (χ4v) is 3.69. The Kier molecular flexibility index (Phi) is 5.91. The van der Waals surface area contributed by atoms with Crippen LogP contribution in [0.5, 0.6) is 0 Å². The van der Waals surface area contributed by atoms with Crippen LogP contribution in [0.15, 0.2) is 79.3 Å². The summed E-state index contributed by atoms with van der Waals surface area (Å²) in [6, 6.07) is 12.0. The fourth-order valence-electron chi connectivity index (χ4n) is 3.69. The summed E-state index contributed by atoms with van der Waals surface area (Å²) in [5, 5.41) is 11.7. The first-order chi connectivity index (χ1) is 17.4. The van der Waals surface area contributed by atoms with Crippen LogP contribution in [0.1, 0.15) is 15.9 Å². The molecular weight excluding hydrogens is 471 g/mol. The van der Waals surface area contributed by atoms with Crippen LogP contribution in [0.4, 0.5) is 29.3 Å². The number of carbonyl (C=O) groups is 2. The van der Waals surface area contributed by atoms with Gasteiger partial charge in [0.1, 0.15) is 11.6 Å². The van der Waals surface area contributed by atoms with Gasteiger partial charge in [0.2, 0.25) is 0 Å². The Hall–Kier alpha value is -4.99. The maximum absolute atomic E-state index is 15.2. The van der Waals surface area contributed by atoms with Gasteiger partial charge in [0.25, 0.3) is 0 Å². The Morgan fingerprint density at radius 1 is 0.833 bits per heavy atom. The highest BCUT2D eigenvalue weighted by Gasteiger charge is 2.21. The molecule has 2 aromatic heterocycles. The Labute approximate surface area is 202 Å². The molecule has 3 N–H and O–H groups in total. The van der Waals surface area contributed by atoms with E-state index in [-0.39, 0.29) is 11.3 Å². The van der Waals surface area contributed by atoms with Gasteiger partial charge in [-0.15, -0.1) is 0 Å². The van der Waals surface area contributed by atoms with Crippen molar-refractivity contribution in [3.8, 4) is 11.1 Å². The first-order valence-electron chi connectivity index (χ1n) is 10.6. The average molecular weight is 487 g/mol. The third kappa shape index (κ3) is 4.64. The molecular formula is C26H16F3N5O2. The lowest BCUT2D eigenvalue weighted by Gasteiger charge is -2.12. The third-order valence-electron chi connectivity index (χ3n) is 5.39. The highest BCUT2D eigenvalue weighted by atomic mass is 19.1. The van der Waals surface area contributed by atoms with E-state index in [0.29, 0.717) is 10.9 Å². The van der Waals surface area contributed by atoms with E-state index in [0.717, 1.165) is 29.3 Å². The number of benzene rings is 3. The van der Waals surface area contributed by atoms with E-state index in [9.17, 15) is 18.4 Å². The molecule has 0 saturated carbocycles. The van der Waals surface area contributed by atoms with Gasteiger partial charge in [0, 0.05) is 46.2 Å². The van der Waals surface area contributed by atoms with Gasteiger partial charge in [0.05, 0.1) is 23.0 Å². The summed E-state index contributed by atoms with van der Waals surface area (Å²) >= 11 is 0. The summed E-state index contributed by atoms with van der Waals surface area (Å²) in [6.45, 7) is 0. The highest BCUT2D eigenvalue weighted by molar-refractivity contribution is 6.11. The molecule has 5 aromatic rings. The van der Waals surface area contributed by atoms with Gasteiger partial charge in [0.15, 0.2) is 11.6 Å². The molecule has 0 spiro atoms. The first-order valence-corrected chi connectivity index (χ1v) is 10.6. The predicted molar refractivity (Wildman–Crippen MR) is 128 cm³/mol. The number of hydrogen-bond donors (Lipinski definition) is 3. The van der Waals surface area contributed by atoms with Crippen LogP contribution in [-0.2, 0) is 0 Å². The lowest BCUT2D eigenvalue weighted by molar-refractivity contribution is 0.103. The van der Waals surface area contributed by atoms with Gasteiger partial charge >= 0.3 is 6.03 Å². The number of urea groups is 1. The van der Waals surface area contributed by atoms with Gasteiger partial charge in [-0.3, -0.25) is 14.9 Å². The molecule has 0 aliphatic rings. The minimum absolute atomic E-state index is 0.105. The molecule has 0 aliphatic carbocycles. The maximum Gasteiger partial charge on any atom is 0.323 e. The van der Waals surface area contributed by atoms with E-state index in [1.807, 2.05) is 0 Å². The standard InChI is InChI=1S/C26H16F3N5O2/c27-18-2-1-3-20(8-18)33-26(36)34-23-10-19(28)9-21(24(23)29)25(35)14-4-5-22-15(6-14)7-16(11-30-22)17-12-31-32-13-17/h1-13H,(H,31,32)(H2,33,34,36). The van der Waals surface area contributed by atoms with Crippen molar-refractivity contribution in [3.63, 3.8) is 0 Å². The summed E-state index contributed by atoms with van der Waals surface area (Å²) in [7, 11) is 0. The molecule has 0 radical (unpaired) electrons. The number of carbonyl (C=O) groups excluding carboxylic acids is 2. The van der Waals surface area contributed by atoms with Crippen molar-refractivity contribution in [2.45, 2.75) is 0 Å². The van der Waals surface area contributed by atoms with Crippen molar-refractivity contribution in [2.24, 2.45) is 0 Å². The van der Waals surface area contributed by atoms with Crippen LogP contribution in [0, 0.1) is 17.5 Å². The minimum Gasteiger partial charge on any atom is -0.308 e. The lowest BCUT2D eigenvalue weighted by atomic mass is 9.99. The quantitative estimate of drug-likeness (QED) is 0.268. The SMILES string of the molecule is O=C(Nc1cccc(F)c1)Nc1cc(F)cc(C(=O)c2ccc3ncc(-c4cn[nH]c4)cc3c2)c1F. The summed E-state index contributed by atoms with van der Waals surface area (Å²) in [5.74, 6) is -3.40. The lowest BCUT2D eigenvalue weighted by Crippen LogP contribution is -2.21. The van der Waals surface area contributed by atoms with Crippen LogP contribution >= 0.6 is 0 Å². The number of aromatic amines is 1. The molecule has 0 atom stereocenters. The molecule has 0 saturated heterocycles. The number of rotatable bonds is 5. The largest absolute Gasteiger partial charge is 0.323 e. The number of H-pyrrole nitrogens is 1. The average Bonchev–Trinajstić information content (AvgIpc) is 3.40. The topological polar surface area (TPSA) is 99.8 Å². The van der Waals surface area contributed by atoms with Crippen molar-refractivity contribution < 1.29 is 22.8 Å². The summed E-state index contributed by atoms with van der Waals surface area (Å²) in [5.41, 5.74) is 1.27. The first kappa shape index (κ1) is 22.8. The molecule has 10 heteroatoms. The molecule has 36 heavy (non-hydrogen) atoms. The number of nitrogens with zero attached hydrogens (tertiary/aromatic N) is 2. The molecule has 2 amide bonds. The van der Waals surface area contributed by atoms with Crippen molar-refractivity contribution in [1.82, 2.24) is 15.2 Å². The van der Waals surface area contributed by atoms with E-state index >= 15 is 4.39 Å². The second-order valence-corrected chi connectivity index (χ2v) is 7.85. The van der Waals surface area contributed by atoms with Gasteiger partial charge in [-0.2, -0.15) is 5.10 Å². The second kappa shape index (κ2) is 9.34.